The summed E-state index contributed by atoms with van der Waals surface area (Å²) in [5, 5.41) is 30.1. The van der Waals surface area contributed by atoms with Gasteiger partial charge < -0.3 is 29.5 Å². The van der Waals surface area contributed by atoms with Gasteiger partial charge in [-0.15, -0.1) is 0 Å². The molecule has 1 fully saturated rings. The quantitative estimate of drug-likeness (QED) is 0.520. The fraction of sp³-hybridized carbons (Fsp3) is 0.321. The maximum absolute atomic E-state index is 12.9. The topological polar surface area (TPSA) is 105 Å². The molecule has 2 heterocycles. The summed E-state index contributed by atoms with van der Waals surface area (Å²) in [7, 11) is 0. The third-order valence-corrected chi connectivity index (χ3v) is 6.67. The van der Waals surface area contributed by atoms with Crippen molar-refractivity contribution in [2.75, 3.05) is 19.8 Å². The summed E-state index contributed by atoms with van der Waals surface area (Å²) in [4.78, 5) is 12.9. The maximum atomic E-state index is 12.9. The molecule has 4 atom stereocenters. The second-order valence-corrected chi connectivity index (χ2v) is 8.95. The Morgan fingerprint density at radius 1 is 0.943 bits per heavy atom. The SMILES string of the molecule is Cc1c(Cc2ccc3c(c2)OCCO3)cc([C@@H]2O[C@H](CO)[C@@H](O)[C@H](O)C2=O)cc1-c1ccccc1. The van der Waals surface area contributed by atoms with E-state index in [0.29, 0.717) is 30.9 Å². The minimum Gasteiger partial charge on any atom is -0.486 e. The molecule has 0 bridgehead atoms. The van der Waals surface area contributed by atoms with Gasteiger partial charge in [0.05, 0.1) is 6.61 Å². The number of hydrogen-bond donors (Lipinski definition) is 3. The summed E-state index contributed by atoms with van der Waals surface area (Å²) in [6, 6.07) is 19.5. The van der Waals surface area contributed by atoms with Gasteiger partial charge in [0, 0.05) is 0 Å². The molecule has 0 radical (unpaired) electrons. The molecular weight excluding hydrogens is 448 g/mol. The van der Waals surface area contributed by atoms with Crippen LogP contribution in [0.1, 0.15) is 28.4 Å². The number of ketones is 1. The summed E-state index contributed by atoms with van der Waals surface area (Å²) in [6.45, 7) is 2.56. The summed E-state index contributed by atoms with van der Waals surface area (Å²) in [5.41, 5.74) is 5.54. The Kier molecular flexibility index (Phi) is 6.58. The lowest BCUT2D eigenvalue weighted by Crippen LogP contribution is -2.53. The molecule has 0 unspecified atom stereocenters. The van der Waals surface area contributed by atoms with E-state index in [1.165, 1.54) is 0 Å². The van der Waals surface area contributed by atoms with Crippen molar-refractivity contribution in [1.82, 2.24) is 0 Å². The van der Waals surface area contributed by atoms with Crippen LogP contribution in [0.4, 0.5) is 0 Å². The van der Waals surface area contributed by atoms with Crippen molar-refractivity contribution in [3.05, 3.63) is 82.9 Å². The van der Waals surface area contributed by atoms with Crippen LogP contribution in [0.2, 0.25) is 0 Å². The zero-order valence-electron chi connectivity index (χ0n) is 19.4. The number of carbonyl (C=O) groups is 1. The Bertz CT molecular complexity index is 1220. The number of fused-ring (bicyclic) bond motifs is 1. The van der Waals surface area contributed by atoms with Crippen molar-refractivity contribution in [3.63, 3.8) is 0 Å². The number of aliphatic hydroxyl groups excluding tert-OH is 3. The highest BCUT2D eigenvalue weighted by Gasteiger charge is 2.44. The Morgan fingerprint density at radius 2 is 1.69 bits per heavy atom. The van der Waals surface area contributed by atoms with Crippen LogP contribution in [0.15, 0.2) is 60.7 Å². The van der Waals surface area contributed by atoms with Gasteiger partial charge in [-0.3, -0.25) is 4.79 Å². The summed E-state index contributed by atoms with van der Waals surface area (Å²) in [5.74, 6) is 0.800. The van der Waals surface area contributed by atoms with Crippen LogP contribution in [0.3, 0.4) is 0 Å². The highest BCUT2D eigenvalue weighted by molar-refractivity contribution is 5.90. The standard InChI is InChI=1S/C28H28O7/c1-16-19(11-17-7-8-22-23(12-17)34-10-9-33-22)13-20(14-21(16)18-5-3-2-4-6-18)28-27(32)26(31)25(30)24(15-29)35-28/h2-8,12-14,24-26,28-31H,9-11,15H2,1H3/t24-,25-,26+,28+/m1/s1. The van der Waals surface area contributed by atoms with Crippen molar-refractivity contribution in [2.24, 2.45) is 0 Å². The lowest BCUT2D eigenvalue weighted by Gasteiger charge is -2.35. The molecule has 182 valence electrons. The van der Waals surface area contributed by atoms with Crippen LogP contribution in [-0.2, 0) is 16.0 Å². The molecule has 2 aliphatic heterocycles. The van der Waals surface area contributed by atoms with Crippen LogP contribution in [-0.4, -0.2) is 59.2 Å². The van der Waals surface area contributed by atoms with E-state index in [-0.39, 0.29) is 0 Å². The van der Waals surface area contributed by atoms with Gasteiger partial charge in [0.15, 0.2) is 17.3 Å². The van der Waals surface area contributed by atoms with Crippen molar-refractivity contribution >= 4 is 5.78 Å². The van der Waals surface area contributed by atoms with E-state index < -0.39 is 36.8 Å². The van der Waals surface area contributed by atoms with E-state index in [2.05, 4.69) is 0 Å². The van der Waals surface area contributed by atoms with Gasteiger partial charge in [0.1, 0.15) is 37.6 Å². The predicted octanol–water partition coefficient (Wildman–Crippen LogP) is 2.75. The molecule has 2 aliphatic rings. The van der Waals surface area contributed by atoms with Gasteiger partial charge in [-0.05, 0) is 64.9 Å². The first-order chi connectivity index (χ1) is 17.0. The normalized spacial score (nSPS) is 23.8. The Morgan fingerprint density at radius 3 is 2.43 bits per heavy atom. The molecule has 3 N–H and O–H groups in total. The lowest BCUT2D eigenvalue weighted by molar-refractivity contribution is -0.189. The van der Waals surface area contributed by atoms with Gasteiger partial charge in [0.2, 0.25) is 0 Å². The van der Waals surface area contributed by atoms with E-state index in [0.717, 1.165) is 33.6 Å². The third kappa shape index (κ3) is 4.56. The molecule has 0 aromatic heterocycles. The molecule has 3 aromatic rings. The van der Waals surface area contributed by atoms with Crippen molar-refractivity contribution in [1.29, 1.82) is 0 Å². The van der Waals surface area contributed by atoms with E-state index in [4.69, 9.17) is 14.2 Å². The molecule has 1 saturated heterocycles. The smallest absolute Gasteiger partial charge is 0.197 e. The Hall–Kier alpha value is -3.23. The molecule has 5 rings (SSSR count). The molecule has 7 heteroatoms. The second kappa shape index (κ2) is 9.79. The zero-order chi connectivity index (χ0) is 24.5. The highest BCUT2D eigenvalue weighted by atomic mass is 16.6. The first kappa shape index (κ1) is 23.5. The average molecular weight is 477 g/mol. The van der Waals surface area contributed by atoms with Crippen molar-refractivity contribution in [2.45, 2.75) is 37.8 Å². The van der Waals surface area contributed by atoms with E-state index in [1.54, 1.807) is 0 Å². The number of Topliss-reactive ketones (excluding diaryl/α,β-unsaturated/α-hetero) is 1. The minimum absolute atomic E-state index is 0.504. The molecule has 35 heavy (non-hydrogen) atoms. The van der Waals surface area contributed by atoms with Crippen molar-refractivity contribution < 1.29 is 34.3 Å². The fourth-order valence-corrected chi connectivity index (χ4v) is 4.71. The Labute approximate surface area is 203 Å². The first-order valence-electron chi connectivity index (χ1n) is 11.7. The number of benzene rings is 3. The fourth-order valence-electron chi connectivity index (χ4n) is 4.71. The van der Waals surface area contributed by atoms with Gasteiger partial charge >= 0.3 is 0 Å². The van der Waals surface area contributed by atoms with Crippen LogP contribution >= 0.6 is 0 Å². The second-order valence-electron chi connectivity index (χ2n) is 8.95. The average Bonchev–Trinajstić information content (AvgIpc) is 2.89. The largest absolute Gasteiger partial charge is 0.486 e. The minimum atomic E-state index is -1.63. The number of aliphatic hydroxyl groups is 3. The number of rotatable bonds is 5. The van der Waals surface area contributed by atoms with Gasteiger partial charge in [-0.25, -0.2) is 0 Å². The molecule has 7 nitrogen and oxygen atoms in total. The summed E-state index contributed by atoms with van der Waals surface area (Å²) >= 11 is 0. The first-order valence-corrected chi connectivity index (χ1v) is 11.7. The Balaban J connectivity index is 1.58. The number of carbonyl (C=O) groups excluding carboxylic acids is 1. The molecule has 0 amide bonds. The maximum Gasteiger partial charge on any atom is 0.197 e. The molecule has 3 aromatic carbocycles. The van der Waals surface area contributed by atoms with Crippen LogP contribution in [0.25, 0.3) is 11.1 Å². The highest BCUT2D eigenvalue weighted by Crippen LogP contribution is 2.37. The van der Waals surface area contributed by atoms with Crippen LogP contribution in [0, 0.1) is 6.92 Å². The van der Waals surface area contributed by atoms with Gasteiger partial charge in [-0.2, -0.15) is 0 Å². The monoisotopic (exact) mass is 476 g/mol. The van der Waals surface area contributed by atoms with E-state index in [9.17, 15) is 20.1 Å². The molecular formula is C28H28O7. The zero-order valence-corrected chi connectivity index (χ0v) is 19.4. The van der Waals surface area contributed by atoms with E-state index in [1.807, 2.05) is 67.6 Å². The summed E-state index contributed by atoms with van der Waals surface area (Å²) < 4.78 is 17.2. The number of ether oxygens (including phenoxy) is 3. The van der Waals surface area contributed by atoms with Crippen LogP contribution in [0.5, 0.6) is 11.5 Å². The molecule has 0 saturated carbocycles. The van der Waals surface area contributed by atoms with Gasteiger partial charge in [0.25, 0.3) is 0 Å². The van der Waals surface area contributed by atoms with Crippen LogP contribution < -0.4 is 9.47 Å². The number of hydrogen-bond acceptors (Lipinski definition) is 7. The van der Waals surface area contributed by atoms with Crippen molar-refractivity contribution in [3.8, 4) is 22.6 Å². The summed E-state index contributed by atoms with van der Waals surface area (Å²) in [6.07, 6.45) is -4.69. The molecule has 0 spiro atoms. The van der Waals surface area contributed by atoms with Gasteiger partial charge in [-0.1, -0.05) is 42.5 Å². The molecule has 0 aliphatic carbocycles. The lowest BCUT2D eigenvalue weighted by atomic mass is 9.86. The predicted molar refractivity (Wildman–Crippen MR) is 129 cm³/mol. The van der Waals surface area contributed by atoms with E-state index >= 15 is 0 Å². The third-order valence-electron chi connectivity index (χ3n) is 6.67.